The maximum Gasteiger partial charge on any atom is 0.220 e. The topological polar surface area (TPSA) is 74.8 Å². The average molecular weight is 426 g/mol. The molecule has 0 heterocycles. The van der Waals surface area contributed by atoms with Gasteiger partial charge in [-0.3, -0.25) is 9.79 Å². The third-order valence-corrected chi connectivity index (χ3v) is 3.33. The number of halogens is 1. The Hall–Kier alpha value is -0.570. The van der Waals surface area contributed by atoms with E-state index in [1.807, 2.05) is 20.8 Å². The highest BCUT2D eigenvalue weighted by Gasteiger charge is 2.22. The molecule has 0 atom stereocenters. The summed E-state index contributed by atoms with van der Waals surface area (Å²) >= 11 is 0. The molecule has 1 aliphatic carbocycles. The summed E-state index contributed by atoms with van der Waals surface area (Å²) in [5.74, 6) is 0.923. The molecule has 22 heavy (non-hydrogen) atoms. The molecule has 0 aromatic rings. The Labute approximate surface area is 151 Å². The quantitative estimate of drug-likeness (QED) is 0.227. The molecule has 1 fully saturated rings. The summed E-state index contributed by atoms with van der Waals surface area (Å²) in [6.45, 7) is 8.16. The Morgan fingerprint density at radius 3 is 2.55 bits per heavy atom. The Morgan fingerprint density at radius 1 is 1.32 bits per heavy atom. The van der Waals surface area contributed by atoms with E-state index in [1.165, 1.54) is 0 Å². The first kappa shape index (κ1) is 21.4. The number of carbonyl (C=O) groups excluding carboxylic acids is 1. The molecule has 0 radical (unpaired) electrons. The van der Waals surface area contributed by atoms with E-state index in [-0.39, 0.29) is 35.5 Å². The fraction of sp³-hybridized carbons (Fsp3) is 0.867. The fourth-order valence-electron chi connectivity index (χ4n) is 1.66. The number of guanidine groups is 1. The fourth-order valence-corrected chi connectivity index (χ4v) is 1.66. The van der Waals surface area contributed by atoms with Crippen LogP contribution in [0.1, 0.15) is 46.5 Å². The van der Waals surface area contributed by atoms with E-state index in [9.17, 15) is 4.79 Å². The lowest BCUT2D eigenvalue weighted by Crippen LogP contribution is -2.39. The predicted octanol–water partition coefficient (Wildman–Crippen LogP) is 1.64. The minimum atomic E-state index is -0.271. The van der Waals surface area contributed by atoms with Crippen LogP contribution in [-0.4, -0.2) is 50.3 Å². The van der Waals surface area contributed by atoms with Crippen molar-refractivity contribution in [1.29, 1.82) is 0 Å². The molecule has 0 spiro atoms. The van der Waals surface area contributed by atoms with Crippen LogP contribution in [0.25, 0.3) is 0 Å². The van der Waals surface area contributed by atoms with E-state index in [1.54, 1.807) is 7.11 Å². The van der Waals surface area contributed by atoms with Crippen LogP contribution in [0.15, 0.2) is 4.99 Å². The Bertz CT molecular complexity index is 357. The number of ether oxygens (including phenoxy) is 1. The van der Waals surface area contributed by atoms with Crippen LogP contribution in [0, 0.1) is 0 Å². The largest absolute Gasteiger partial charge is 0.377 e. The van der Waals surface area contributed by atoms with E-state index >= 15 is 0 Å². The zero-order chi connectivity index (χ0) is 15.7. The van der Waals surface area contributed by atoms with Gasteiger partial charge in [0.2, 0.25) is 5.91 Å². The lowest BCUT2D eigenvalue weighted by Gasteiger charge is -2.21. The molecule has 0 bridgehead atoms. The van der Waals surface area contributed by atoms with Crippen LogP contribution in [0.2, 0.25) is 0 Å². The molecule has 1 amide bonds. The number of carbonyl (C=O) groups is 1. The van der Waals surface area contributed by atoms with Crippen molar-refractivity contribution in [1.82, 2.24) is 16.0 Å². The zero-order valence-electron chi connectivity index (χ0n) is 14.2. The van der Waals surface area contributed by atoms with Crippen LogP contribution < -0.4 is 16.0 Å². The Balaban J connectivity index is 0.00000441. The summed E-state index contributed by atoms with van der Waals surface area (Å²) in [4.78, 5) is 16.1. The highest BCUT2D eigenvalue weighted by molar-refractivity contribution is 14.0. The van der Waals surface area contributed by atoms with Gasteiger partial charge in [0, 0.05) is 32.7 Å². The number of nitrogens with zero attached hydrogens (tertiary/aromatic N) is 1. The van der Waals surface area contributed by atoms with Crippen molar-refractivity contribution in [2.75, 3.05) is 26.7 Å². The van der Waals surface area contributed by atoms with Gasteiger partial charge in [0.25, 0.3) is 0 Å². The van der Waals surface area contributed by atoms with Crippen molar-refractivity contribution in [3.63, 3.8) is 0 Å². The van der Waals surface area contributed by atoms with Gasteiger partial charge in [-0.2, -0.15) is 0 Å². The molecule has 1 aliphatic rings. The van der Waals surface area contributed by atoms with Crippen LogP contribution in [0.4, 0.5) is 0 Å². The monoisotopic (exact) mass is 426 g/mol. The van der Waals surface area contributed by atoms with E-state index in [4.69, 9.17) is 4.74 Å². The molecule has 0 aromatic carbocycles. The van der Waals surface area contributed by atoms with Gasteiger partial charge in [-0.25, -0.2) is 0 Å². The lowest BCUT2D eigenvalue weighted by molar-refractivity contribution is -0.121. The molecule has 3 N–H and O–H groups in total. The van der Waals surface area contributed by atoms with Crippen LogP contribution in [0.5, 0.6) is 0 Å². The van der Waals surface area contributed by atoms with E-state index in [0.717, 1.165) is 38.3 Å². The van der Waals surface area contributed by atoms with Crippen LogP contribution in [0.3, 0.4) is 0 Å². The summed E-state index contributed by atoms with van der Waals surface area (Å²) in [5.41, 5.74) is -0.271. The molecule has 0 unspecified atom stereocenters. The number of hydrogen-bond donors (Lipinski definition) is 3. The number of hydrogen-bond acceptors (Lipinski definition) is 3. The summed E-state index contributed by atoms with van der Waals surface area (Å²) in [6.07, 6.45) is 3.64. The summed E-state index contributed by atoms with van der Waals surface area (Å²) < 4.78 is 5.35. The minimum Gasteiger partial charge on any atom is -0.377 e. The van der Waals surface area contributed by atoms with Crippen molar-refractivity contribution in [3.05, 3.63) is 0 Å². The first-order valence-corrected chi connectivity index (χ1v) is 7.83. The van der Waals surface area contributed by atoms with Gasteiger partial charge >= 0.3 is 0 Å². The number of aliphatic imine (C=N–C) groups is 1. The molecular formula is C15H31IN4O2. The Kier molecular flexibility index (Phi) is 10.8. The van der Waals surface area contributed by atoms with Crippen molar-refractivity contribution < 1.29 is 9.53 Å². The maximum absolute atomic E-state index is 11.6. The van der Waals surface area contributed by atoms with Crippen molar-refractivity contribution in [2.45, 2.75) is 58.1 Å². The average Bonchev–Trinajstić information content (AvgIpc) is 3.24. The minimum absolute atomic E-state index is 0. The van der Waals surface area contributed by atoms with Gasteiger partial charge in [-0.15, -0.1) is 24.0 Å². The van der Waals surface area contributed by atoms with Gasteiger partial charge in [0.05, 0.1) is 12.1 Å². The molecule has 1 rings (SSSR count). The molecule has 6 nitrogen and oxygen atoms in total. The predicted molar refractivity (Wildman–Crippen MR) is 101 cm³/mol. The second-order valence-electron chi connectivity index (χ2n) is 6.03. The molecule has 0 aromatic heterocycles. The second-order valence-corrected chi connectivity index (χ2v) is 6.03. The maximum atomic E-state index is 11.6. The first-order chi connectivity index (χ1) is 9.96. The highest BCUT2D eigenvalue weighted by atomic mass is 127. The molecule has 1 saturated carbocycles. The number of rotatable bonds is 9. The number of amides is 1. The SMILES string of the molecule is CCNC(=NCC(C)(C)OC)NCCCC(=O)NC1CC1.I. The molecule has 7 heteroatoms. The van der Waals surface area contributed by atoms with Gasteiger partial charge in [0.1, 0.15) is 0 Å². The van der Waals surface area contributed by atoms with E-state index in [2.05, 4.69) is 20.9 Å². The highest BCUT2D eigenvalue weighted by Crippen LogP contribution is 2.18. The van der Waals surface area contributed by atoms with E-state index in [0.29, 0.717) is 19.0 Å². The molecule has 130 valence electrons. The summed E-state index contributed by atoms with van der Waals surface area (Å²) in [6, 6.07) is 0.445. The van der Waals surface area contributed by atoms with Crippen molar-refractivity contribution in [2.24, 2.45) is 4.99 Å². The lowest BCUT2D eigenvalue weighted by atomic mass is 10.1. The van der Waals surface area contributed by atoms with E-state index < -0.39 is 0 Å². The standard InChI is InChI=1S/C15H30N4O2.HI/c1-5-16-14(18-11-15(2,3)21-4)17-10-6-7-13(20)19-12-8-9-12;/h12H,5-11H2,1-4H3,(H,19,20)(H2,16,17,18);1H. The van der Waals surface area contributed by atoms with Crippen molar-refractivity contribution >= 4 is 35.8 Å². The van der Waals surface area contributed by atoms with Crippen LogP contribution in [-0.2, 0) is 9.53 Å². The Morgan fingerprint density at radius 2 is 2.00 bits per heavy atom. The molecule has 0 aliphatic heterocycles. The van der Waals surface area contributed by atoms with Gasteiger partial charge < -0.3 is 20.7 Å². The van der Waals surface area contributed by atoms with Gasteiger partial charge in [-0.05, 0) is 40.0 Å². The summed E-state index contributed by atoms with van der Waals surface area (Å²) in [5, 5.41) is 9.43. The zero-order valence-corrected chi connectivity index (χ0v) is 16.5. The molecule has 0 saturated heterocycles. The third-order valence-electron chi connectivity index (χ3n) is 3.33. The third kappa shape index (κ3) is 10.2. The summed E-state index contributed by atoms with van der Waals surface area (Å²) in [7, 11) is 1.69. The number of methoxy groups -OCH3 is 1. The second kappa shape index (κ2) is 11.0. The van der Waals surface area contributed by atoms with Gasteiger partial charge in [-0.1, -0.05) is 0 Å². The normalized spacial score (nSPS) is 15.0. The van der Waals surface area contributed by atoms with Gasteiger partial charge in [0.15, 0.2) is 5.96 Å². The first-order valence-electron chi connectivity index (χ1n) is 7.83. The smallest absolute Gasteiger partial charge is 0.220 e. The van der Waals surface area contributed by atoms with Crippen molar-refractivity contribution in [3.8, 4) is 0 Å². The number of nitrogens with one attached hydrogen (secondary N) is 3. The molecular weight excluding hydrogens is 395 g/mol. The van der Waals surface area contributed by atoms with Crippen LogP contribution >= 0.6 is 24.0 Å².